The lowest BCUT2D eigenvalue weighted by atomic mass is 10.1. The van der Waals surface area contributed by atoms with E-state index in [-0.39, 0.29) is 12.3 Å². The van der Waals surface area contributed by atoms with Gasteiger partial charge in [-0.15, -0.1) is 11.3 Å². The Balaban J connectivity index is 1.45. The molecule has 0 aliphatic heterocycles. The van der Waals surface area contributed by atoms with Gasteiger partial charge >= 0.3 is 0 Å². The highest BCUT2D eigenvalue weighted by Gasteiger charge is 2.17. The molecule has 1 aromatic carbocycles. The fourth-order valence-electron chi connectivity index (χ4n) is 3.32. The van der Waals surface area contributed by atoms with Crippen molar-refractivity contribution >= 4 is 40.0 Å². The number of aryl methyl sites for hydroxylation is 1. The largest absolute Gasteiger partial charge is 0.310 e. The predicted octanol–water partition coefficient (Wildman–Crippen LogP) is 5.68. The number of imidazole rings is 1. The number of benzene rings is 1. The Morgan fingerprint density at radius 3 is 2.70 bits per heavy atom. The number of nitrogens with one attached hydrogen (secondary N) is 1. The number of thiazole rings is 1. The molecule has 0 spiro atoms. The van der Waals surface area contributed by atoms with Gasteiger partial charge in [-0.1, -0.05) is 36.4 Å². The van der Waals surface area contributed by atoms with E-state index in [1.54, 1.807) is 22.7 Å². The summed E-state index contributed by atoms with van der Waals surface area (Å²) in [7, 11) is 0. The van der Waals surface area contributed by atoms with Crippen molar-refractivity contribution in [3.63, 3.8) is 0 Å². The molecule has 4 heterocycles. The lowest BCUT2D eigenvalue weighted by Gasteiger charge is -2.08. The Kier molecular flexibility index (Phi) is 4.90. The SMILES string of the molecule is Cc1ccc2nc(-c3ccccc3)c(NC(=O)Cc3csc(-c4ccsc4)n3)n2c1. The third-order valence-electron chi connectivity index (χ3n) is 4.73. The van der Waals surface area contributed by atoms with E-state index >= 15 is 0 Å². The van der Waals surface area contributed by atoms with Crippen molar-refractivity contribution < 1.29 is 4.79 Å². The minimum Gasteiger partial charge on any atom is -0.310 e. The lowest BCUT2D eigenvalue weighted by molar-refractivity contribution is -0.115. The molecular formula is C23H18N4OS2. The van der Waals surface area contributed by atoms with E-state index in [0.717, 1.165) is 38.7 Å². The molecule has 0 unspecified atom stereocenters. The van der Waals surface area contributed by atoms with E-state index in [4.69, 9.17) is 4.98 Å². The molecule has 0 saturated carbocycles. The van der Waals surface area contributed by atoms with E-state index in [2.05, 4.69) is 15.7 Å². The van der Waals surface area contributed by atoms with Crippen molar-refractivity contribution in [2.75, 3.05) is 5.32 Å². The molecule has 5 aromatic rings. The minimum atomic E-state index is -0.113. The Labute approximate surface area is 181 Å². The molecule has 0 fully saturated rings. The molecule has 0 radical (unpaired) electrons. The number of carbonyl (C=O) groups excluding carboxylic acids is 1. The first kappa shape index (κ1) is 18.7. The van der Waals surface area contributed by atoms with Gasteiger partial charge in [-0.25, -0.2) is 9.97 Å². The molecule has 1 N–H and O–H groups in total. The van der Waals surface area contributed by atoms with Crippen LogP contribution in [0, 0.1) is 6.92 Å². The van der Waals surface area contributed by atoms with Gasteiger partial charge in [0, 0.05) is 28.1 Å². The zero-order valence-electron chi connectivity index (χ0n) is 16.2. The number of thiophene rings is 1. The second-order valence-electron chi connectivity index (χ2n) is 6.99. The van der Waals surface area contributed by atoms with Gasteiger partial charge in [-0.3, -0.25) is 9.20 Å². The van der Waals surface area contributed by atoms with Crippen LogP contribution in [0.5, 0.6) is 0 Å². The minimum absolute atomic E-state index is 0.113. The van der Waals surface area contributed by atoms with E-state index in [0.29, 0.717) is 5.82 Å². The van der Waals surface area contributed by atoms with Crippen molar-refractivity contribution in [1.82, 2.24) is 14.4 Å². The first-order valence-electron chi connectivity index (χ1n) is 9.48. The third-order valence-corrected chi connectivity index (χ3v) is 6.36. The maximum Gasteiger partial charge on any atom is 0.231 e. The molecule has 7 heteroatoms. The van der Waals surface area contributed by atoms with Crippen LogP contribution in [-0.2, 0) is 11.2 Å². The summed E-state index contributed by atoms with van der Waals surface area (Å²) in [5.74, 6) is 0.566. The van der Waals surface area contributed by atoms with Crippen LogP contribution in [0.3, 0.4) is 0 Å². The van der Waals surface area contributed by atoms with Gasteiger partial charge in [0.05, 0.1) is 12.1 Å². The third kappa shape index (κ3) is 3.65. The Hall–Kier alpha value is -3.29. The average molecular weight is 431 g/mol. The smallest absolute Gasteiger partial charge is 0.231 e. The maximum absolute atomic E-state index is 12.9. The highest BCUT2D eigenvalue weighted by molar-refractivity contribution is 7.14. The Morgan fingerprint density at radius 2 is 1.90 bits per heavy atom. The molecule has 0 aliphatic rings. The van der Waals surface area contributed by atoms with Gasteiger partial charge in [0.1, 0.15) is 22.2 Å². The van der Waals surface area contributed by atoms with E-state index in [1.165, 1.54) is 0 Å². The first-order chi connectivity index (χ1) is 14.7. The second kappa shape index (κ2) is 7.85. The molecule has 0 saturated heterocycles. The molecule has 5 nitrogen and oxygen atoms in total. The number of hydrogen-bond donors (Lipinski definition) is 1. The van der Waals surface area contributed by atoms with Gasteiger partial charge in [-0.2, -0.15) is 11.3 Å². The fraction of sp³-hybridized carbons (Fsp3) is 0.0870. The molecule has 0 bridgehead atoms. The molecule has 5 rings (SSSR count). The summed E-state index contributed by atoms with van der Waals surface area (Å²) in [4.78, 5) is 22.3. The van der Waals surface area contributed by atoms with Crippen LogP contribution in [0.1, 0.15) is 11.3 Å². The molecule has 148 valence electrons. The fourth-order valence-corrected chi connectivity index (χ4v) is 4.85. The summed E-state index contributed by atoms with van der Waals surface area (Å²) in [6, 6.07) is 15.9. The Bertz CT molecular complexity index is 1320. The highest BCUT2D eigenvalue weighted by atomic mass is 32.1. The van der Waals surface area contributed by atoms with Gasteiger partial charge in [0.25, 0.3) is 0 Å². The van der Waals surface area contributed by atoms with Crippen LogP contribution >= 0.6 is 22.7 Å². The molecule has 1 amide bonds. The van der Waals surface area contributed by atoms with Gasteiger partial charge in [-0.05, 0) is 30.0 Å². The molecule has 0 aliphatic carbocycles. The quantitative estimate of drug-likeness (QED) is 0.390. The maximum atomic E-state index is 12.9. The van der Waals surface area contributed by atoms with Crippen LogP contribution in [-0.4, -0.2) is 20.3 Å². The number of aromatic nitrogens is 3. The Morgan fingerprint density at radius 1 is 1.03 bits per heavy atom. The van der Waals surface area contributed by atoms with E-state index in [9.17, 15) is 4.79 Å². The monoisotopic (exact) mass is 430 g/mol. The van der Waals surface area contributed by atoms with Gasteiger partial charge in [0.2, 0.25) is 5.91 Å². The van der Waals surface area contributed by atoms with Crippen molar-refractivity contribution in [1.29, 1.82) is 0 Å². The number of pyridine rings is 1. The number of fused-ring (bicyclic) bond motifs is 1. The van der Waals surface area contributed by atoms with Gasteiger partial charge in [0.15, 0.2) is 0 Å². The molecule has 0 atom stereocenters. The van der Waals surface area contributed by atoms with Crippen molar-refractivity contribution in [3.8, 4) is 21.8 Å². The van der Waals surface area contributed by atoms with Crippen LogP contribution in [0.4, 0.5) is 5.82 Å². The zero-order chi connectivity index (χ0) is 20.5. The normalized spacial score (nSPS) is 11.1. The summed E-state index contributed by atoms with van der Waals surface area (Å²) in [6.45, 7) is 2.02. The molecular weight excluding hydrogens is 412 g/mol. The summed E-state index contributed by atoms with van der Waals surface area (Å²) < 4.78 is 1.94. The summed E-state index contributed by atoms with van der Waals surface area (Å²) in [5.41, 5.74) is 5.47. The molecule has 4 aromatic heterocycles. The number of hydrogen-bond acceptors (Lipinski definition) is 5. The zero-order valence-corrected chi connectivity index (χ0v) is 17.8. The topological polar surface area (TPSA) is 59.3 Å². The van der Waals surface area contributed by atoms with Crippen LogP contribution in [0.15, 0.2) is 70.9 Å². The first-order valence-corrected chi connectivity index (χ1v) is 11.3. The summed E-state index contributed by atoms with van der Waals surface area (Å²) in [6.07, 6.45) is 2.20. The van der Waals surface area contributed by atoms with E-state index < -0.39 is 0 Å². The number of nitrogens with zero attached hydrogens (tertiary/aromatic N) is 3. The highest BCUT2D eigenvalue weighted by Crippen LogP contribution is 2.30. The van der Waals surface area contributed by atoms with Crippen LogP contribution in [0.25, 0.3) is 27.5 Å². The number of carbonyl (C=O) groups is 1. The standard InChI is InChI=1S/C23H18N4OS2/c1-15-7-8-19-25-21(16-5-3-2-4-6-16)22(27(19)12-15)26-20(28)11-18-14-30-23(24-18)17-9-10-29-13-17/h2-10,12-14H,11H2,1H3,(H,26,28). The summed E-state index contributed by atoms with van der Waals surface area (Å²) >= 11 is 3.20. The van der Waals surface area contributed by atoms with Crippen molar-refractivity contribution in [3.05, 3.63) is 82.1 Å². The van der Waals surface area contributed by atoms with Crippen molar-refractivity contribution in [2.45, 2.75) is 13.3 Å². The number of anilines is 1. The number of amides is 1. The van der Waals surface area contributed by atoms with Crippen LogP contribution in [0.2, 0.25) is 0 Å². The molecule has 30 heavy (non-hydrogen) atoms. The number of rotatable bonds is 5. The average Bonchev–Trinajstić information content (AvgIpc) is 3.49. The van der Waals surface area contributed by atoms with Crippen LogP contribution < -0.4 is 5.32 Å². The van der Waals surface area contributed by atoms with Gasteiger partial charge < -0.3 is 5.32 Å². The predicted molar refractivity (Wildman–Crippen MR) is 123 cm³/mol. The van der Waals surface area contributed by atoms with Crippen molar-refractivity contribution in [2.24, 2.45) is 0 Å². The van der Waals surface area contributed by atoms with E-state index in [1.807, 2.05) is 76.8 Å². The summed E-state index contributed by atoms with van der Waals surface area (Å²) in [5, 5.41) is 10.1. The second-order valence-corrected chi connectivity index (χ2v) is 8.63. The lowest BCUT2D eigenvalue weighted by Crippen LogP contribution is -2.16.